The lowest BCUT2D eigenvalue weighted by Gasteiger charge is -2.05. The van der Waals surface area contributed by atoms with Crippen molar-refractivity contribution in [2.75, 3.05) is 5.73 Å². The molecule has 0 saturated carbocycles. The van der Waals surface area contributed by atoms with Crippen LogP contribution in [0.1, 0.15) is 0 Å². The van der Waals surface area contributed by atoms with E-state index in [1.807, 2.05) is 24.3 Å². The van der Waals surface area contributed by atoms with E-state index in [0.717, 1.165) is 10.8 Å². The van der Waals surface area contributed by atoms with Crippen LogP contribution in [0.5, 0.6) is 0 Å². The molecule has 15 heavy (non-hydrogen) atoms. The van der Waals surface area contributed by atoms with Gasteiger partial charge in [-0.2, -0.15) is 0 Å². The molecule has 0 aliphatic carbocycles. The lowest BCUT2D eigenvalue weighted by atomic mass is 10.1. The van der Waals surface area contributed by atoms with Gasteiger partial charge in [0, 0.05) is 0 Å². The van der Waals surface area contributed by atoms with E-state index >= 15 is 0 Å². The van der Waals surface area contributed by atoms with Crippen LogP contribution in [0, 0.1) is 0 Å². The molecule has 0 unspecified atom stereocenters. The second-order valence-corrected chi connectivity index (χ2v) is 4.81. The molecule has 0 spiro atoms. The van der Waals surface area contributed by atoms with Crippen molar-refractivity contribution in [2.45, 2.75) is 4.90 Å². The molecular formula is C10H10N2O2S. The monoisotopic (exact) mass is 222 g/mol. The summed E-state index contributed by atoms with van der Waals surface area (Å²) in [5, 5.41) is 6.73. The highest BCUT2D eigenvalue weighted by molar-refractivity contribution is 7.89. The number of hydrogen-bond acceptors (Lipinski definition) is 3. The standard InChI is InChI=1S/C10H10N2O2S/c11-9-5-7-3-1-2-4-8(7)6-10(9)15(12,13)14/h1-6H,11H2,(H2,12,13,14). The Kier molecular flexibility index (Phi) is 2.13. The number of nitrogen functional groups attached to an aromatic ring is 1. The molecule has 0 aliphatic heterocycles. The van der Waals surface area contributed by atoms with Crippen LogP contribution in [0.25, 0.3) is 10.8 Å². The predicted molar refractivity (Wildman–Crippen MR) is 59.7 cm³/mol. The van der Waals surface area contributed by atoms with Gasteiger partial charge in [0.25, 0.3) is 0 Å². The van der Waals surface area contributed by atoms with Crippen molar-refractivity contribution < 1.29 is 8.42 Å². The normalized spacial score (nSPS) is 11.8. The van der Waals surface area contributed by atoms with Crippen molar-refractivity contribution in [2.24, 2.45) is 5.14 Å². The van der Waals surface area contributed by atoms with Crippen LogP contribution >= 0.6 is 0 Å². The molecule has 0 bridgehead atoms. The maximum Gasteiger partial charge on any atom is 0.240 e. The van der Waals surface area contributed by atoms with Crippen LogP contribution in [-0.4, -0.2) is 8.42 Å². The van der Waals surface area contributed by atoms with Crippen LogP contribution < -0.4 is 10.9 Å². The number of rotatable bonds is 1. The Hall–Kier alpha value is -1.59. The Morgan fingerprint density at radius 1 is 1.00 bits per heavy atom. The molecule has 5 heteroatoms. The molecule has 4 nitrogen and oxygen atoms in total. The van der Waals surface area contributed by atoms with E-state index in [9.17, 15) is 8.42 Å². The number of benzene rings is 2. The first-order valence-electron chi connectivity index (χ1n) is 4.29. The molecule has 2 aromatic rings. The smallest absolute Gasteiger partial charge is 0.240 e. The van der Waals surface area contributed by atoms with E-state index in [2.05, 4.69) is 0 Å². The molecule has 0 fully saturated rings. The SMILES string of the molecule is Nc1cc2ccccc2cc1S(N)(=O)=O. The van der Waals surface area contributed by atoms with Crippen molar-refractivity contribution >= 4 is 26.5 Å². The van der Waals surface area contributed by atoms with E-state index in [1.165, 1.54) is 6.07 Å². The quantitative estimate of drug-likeness (QED) is 0.707. The van der Waals surface area contributed by atoms with Gasteiger partial charge in [-0.3, -0.25) is 0 Å². The summed E-state index contributed by atoms with van der Waals surface area (Å²) in [5.74, 6) is 0. The van der Waals surface area contributed by atoms with Crippen LogP contribution in [0.15, 0.2) is 41.3 Å². The number of nitrogens with two attached hydrogens (primary N) is 2. The summed E-state index contributed by atoms with van der Waals surface area (Å²) in [7, 11) is -3.75. The van der Waals surface area contributed by atoms with Gasteiger partial charge in [-0.05, 0) is 22.9 Å². The van der Waals surface area contributed by atoms with Gasteiger partial charge in [0.05, 0.1) is 5.69 Å². The topological polar surface area (TPSA) is 86.2 Å². The third kappa shape index (κ3) is 1.79. The van der Waals surface area contributed by atoms with Gasteiger partial charge in [-0.1, -0.05) is 24.3 Å². The number of fused-ring (bicyclic) bond motifs is 1. The average Bonchev–Trinajstić information content (AvgIpc) is 2.15. The Morgan fingerprint density at radius 2 is 1.53 bits per heavy atom. The minimum atomic E-state index is -3.75. The average molecular weight is 222 g/mol. The molecule has 0 amide bonds. The fourth-order valence-electron chi connectivity index (χ4n) is 1.48. The highest BCUT2D eigenvalue weighted by Crippen LogP contribution is 2.24. The Labute approximate surface area is 87.6 Å². The maximum atomic E-state index is 11.2. The van der Waals surface area contributed by atoms with E-state index in [1.54, 1.807) is 6.07 Å². The molecule has 0 heterocycles. The van der Waals surface area contributed by atoms with Crippen molar-refractivity contribution in [3.05, 3.63) is 36.4 Å². The van der Waals surface area contributed by atoms with E-state index in [-0.39, 0.29) is 10.6 Å². The highest BCUT2D eigenvalue weighted by atomic mass is 32.2. The summed E-state index contributed by atoms with van der Waals surface area (Å²) < 4.78 is 22.4. The van der Waals surface area contributed by atoms with Gasteiger partial charge in [-0.25, -0.2) is 13.6 Å². The molecule has 0 atom stereocenters. The van der Waals surface area contributed by atoms with Gasteiger partial charge in [0.2, 0.25) is 10.0 Å². The van der Waals surface area contributed by atoms with E-state index < -0.39 is 10.0 Å². The number of anilines is 1. The third-order valence-corrected chi connectivity index (χ3v) is 3.15. The Morgan fingerprint density at radius 3 is 2.07 bits per heavy atom. The van der Waals surface area contributed by atoms with Crippen molar-refractivity contribution in [3.8, 4) is 0 Å². The van der Waals surface area contributed by atoms with Gasteiger partial charge in [0.15, 0.2) is 0 Å². The number of sulfonamides is 1. The highest BCUT2D eigenvalue weighted by Gasteiger charge is 2.12. The molecule has 0 saturated heterocycles. The van der Waals surface area contributed by atoms with Crippen LogP contribution in [0.2, 0.25) is 0 Å². The van der Waals surface area contributed by atoms with Crippen molar-refractivity contribution in [3.63, 3.8) is 0 Å². The first kappa shape index (κ1) is 9.95. The summed E-state index contributed by atoms with van der Waals surface area (Å²) in [4.78, 5) is -0.0267. The zero-order valence-corrected chi connectivity index (χ0v) is 8.66. The van der Waals surface area contributed by atoms with Gasteiger partial charge >= 0.3 is 0 Å². The predicted octanol–water partition coefficient (Wildman–Crippen LogP) is 1.07. The molecular weight excluding hydrogens is 212 g/mol. The molecule has 0 radical (unpaired) electrons. The fraction of sp³-hybridized carbons (Fsp3) is 0. The third-order valence-electron chi connectivity index (χ3n) is 2.18. The second kappa shape index (κ2) is 3.22. The minimum Gasteiger partial charge on any atom is -0.398 e. The first-order chi connectivity index (χ1) is 6.98. The minimum absolute atomic E-state index is 0.0267. The first-order valence-corrected chi connectivity index (χ1v) is 5.84. The second-order valence-electron chi connectivity index (χ2n) is 3.28. The van der Waals surface area contributed by atoms with E-state index in [0.29, 0.717) is 0 Å². The molecule has 78 valence electrons. The molecule has 2 rings (SSSR count). The van der Waals surface area contributed by atoms with Crippen molar-refractivity contribution in [1.29, 1.82) is 0 Å². The summed E-state index contributed by atoms with van der Waals surface area (Å²) in [6, 6.07) is 10.4. The molecule has 4 N–H and O–H groups in total. The molecule has 0 aromatic heterocycles. The summed E-state index contributed by atoms with van der Waals surface area (Å²) in [6.45, 7) is 0. The lowest BCUT2D eigenvalue weighted by Crippen LogP contribution is -2.14. The zero-order valence-electron chi connectivity index (χ0n) is 7.84. The van der Waals surface area contributed by atoms with Gasteiger partial charge < -0.3 is 5.73 Å². The van der Waals surface area contributed by atoms with Gasteiger partial charge in [0.1, 0.15) is 4.90 Å². The number of hydrogen-bond donors (Lipinski definition) is 2. The zero-order chi connectivity index (χ0) is 11.1. The van der Waals surface area contributed by atoms with E-state index in [4.69, 9.17) is 10.9 Å². The molecule has 0 aliphatic rings. The Balaban J connectivity index is 2.84. The largest absolute Gasteiger partial charge is 0.398 e. The number of primary sulfonamides is 1. The van der Waals surface area contributed by atoms with Crippen molar-refractivity contribution in [1.82, 2.24) is 0 Å². The van der Waals surface area contributed by atoms with Gasteiger partial charge in [-0.15, -0.1) is 0 Å². The lowest BCUT2D eigenvalue weighted by molar-refractivity contribution is 0.598. The maximum absolute atomic E-state index is 11.2. The summed E-state index contributed by atoms with van der Waals surface area (Å²) in [6.07, 6.45) is 0. The van der Waals surface area contributed by atoms with Crippen LogP contribution in [0.3, 0.4) is 0 Å². The summed E-state index contributed by atoms with van der Waals surface area (Å²) in [5.41, 5.74) is 5.79. The van der Waals surface area contributed by atoms with Crippen LogP contribution in [0.4, 0.5) is 5.69 Å². The van der Waals surface area contributed by atoms with Crippen LogP contribution in [-0.2, 0) is 10.0 Å². The Bertz CT molecular complexity index is 620. The molecule has 2 aromatic carbocycles. The fourth-order valence-corrected chi connectivity index (χ4v) is 2.16. The summed E-state index contributed by atoms with van der Waals surface area (Å²) >= 11 is 0.